The third kappa shape index (κ3) is 4.26. The van der Waals surface area contributed by atoms with E-state index in [4.69, 9.17) is 4.42 Å². The van der Waals surface area contributed by atoms with E-state index in [-0.39, 0.29) is 28.8 Å². The highest BCUT2D eigenvalue weighted by atomic mass is 35.5. The van der Waals surface area contributed by atoms with Gasteiger partial charge in [-0.3, -0.25) is 0 Å². The molecule has 2 rings (SSSR count). The molecule has 0 bridgehead atoms. The van der Waals surface area contributed by atoms with Crippen molar-refractivity contribution in [2.75, 3.05) is 33.8 Å². The maximum absolute atomic E-state index is 12.6. The summed E-state index contributed by atoms with van der Waals surface area (Å²) >= 11 is 0. The minimum atomic E-state index is -3.71. The summed E-state index contributed by atoms with van der Waals surface area (Å²) in [5.41, 5.74) is 0.145. The number of piperidine rings is 1. The zero-order valence-electron chi connectivity index (χ0n) is 13.5. The van der Waals surface area contributed by atoms with Crippen molar-refractivity contribution in [2.45, 2.75) is 24.9 Å². The summed E-state index contributed by atoms with van der Waals surface area (Å²) in [5.74, 6) is 0.131. The van der Waals surface area contributed by atoms with Gasteiger partial charge >= 0.3 is 5.97 Å². The Morgan fingerprint density at radius 2 is 2.04 bits per heavy atom. The Hall–Kier alpha value is -1.09. The molecule has 0 aromatic carbocycles. The van der Waals surface area contributed by atoms with Gasteiger partial charge < -0.3 is 14.5 Å². The maximum atomic E-state index is 12.6. The minimum Gasteiger partial charge on any atom is -0.465 e. The Morgan fingerprint density at radius 1 is 1.43 bits per heavy atom. The normalized spacial score (nSPS) is 16.8. The lowest BCUT2D eigenvalue weighted by Crippen LogP contribution is -2.40. The lowest BCUT2D eigenvalue weighted by atomic mass is 9.98. The van der Waals surface area contributed by atoms with Crippen LogP contribution < -0.4 is 5.32 Å². The molecule has 1 saturated heterocycles. The number of carbonyl (C=O) groups is 1. The van der Waals surface area contributed by atoms with Gasteiger partial charge in [0, 0.05) is 19.2 Å². The molecule has 7 nitrogen and oxygen atoms in total. The van der Waals surface area contributed by atoms with Crippen LogP contribution in [0, 0.1) is 12.8 Å². The summed E-state index contributed by atoms with van der Waals surface area (Å²) in [5, 5.41) is 2.92. The third-order valence-corrected chi connectivity index (χ3v) is 5.72. The first-order valence-corrected chi connectivity index (χ1v) is 8.67. The molecule has 2 heterocycles. The SMILES string of the molecule is CNCC1CCN(S(=O)(=O)c2cc(C(=O)OC)c(C)o2)CC1.Cl. The first-order valence-electron chi connectivity index (χ1n) is 7.23. The van der Waals surface area contributed by atoms with E-state index in [1.807, 2.05) is 7.05 Å². The topological polar surface area (TPSA) is 88.9 Å². The van der Waals surface area contributed by atoms with E-state index in [0.717, 1.165) is 19.4 Å². The summed E-state index contributed by atoms with van der Waals surface area (Å²) in [7, 11) is -0.568. The highest BCUT2D eigenvalue weighted by Crippen LogP contribution is 2.26. The first kappa shape index (κ1) is 20.0. The second-order valence-electron chi connectivity index (χ2n) is 5.43. The van der Waals surface area contributed by atoms with Crippen LogP contribution in [0.1, 0.15) is 29.0 Å². The molecule has 1 aliphatic heterocycles. The van der Waals surface area contributed by atoms with Gasteiger partial charge in [-0.05, 0) is 39.3 Å². The van der Waals surface area contributed by atoms with Crippen molar-refractivity contribution >= 4 is 28.4 Å². The zero-order valence-corrected chi connectivity index (χ0v) is 15.1. The molecule has 0 amide bonds. The van der Waals surface area contributed by atoms with Gasteiger partial charge in [0.05, 0.1) is 7.11 Å². The van der Waals surface area contributed by atoms with E-state index in [1.54, 1.807) is 6.92 Å². The fourth-order valence-electron chi connectivity index (χ4n) is 2.66. The average molecular weight is 367 g/mol. The van der Waals surface area contributed by atoms with E-state index in [2.05, 4.69) is 10.1 Å². The molecule has 1 N–H and O–H groups in total. The van der Waals surface area contributed by atoms with Crippen LogP contribution in [-0.4, -0.2) is 52.5 Å². The molecule has 0 aliphatic carbocycles. The van der Waals surface area contributed by atoms with Gasteiger partial charge in [0.25, 0.3) is 10.0 Å². The van der Waals surface area contributed by atoms with Crippen molar-refractivity contribution in [2.24, 2.45) is 5.92 Å². The second kappa shape index (κ2) is 8.14. The van der Waals surface area contributed by atoms with Crippen LogP contribution in [0.3, 0.4) is 0 Å². The van der Waals surface area contributed by atoms with Crippen molar-refractivity contribution in [3.05, 3.63) is 17.4 Å². The summed E-state index contributed by atoms with van der Waals surface area (Å²) in [4.78, 5) is 11.6. The highest BCUT2D eigenvalue weighted by Gasteiger charge is 2.33. The van der Waals surface area contributed by atoms with Crippen LogP contribution in [0.5, 0.6) is 0 Å². The monoisotopic (exact) mass is 366 g/mol. The fourth-order valence-corrected chi connectivity index (χ4v) is 4.11. The van der Waals surface area contributed by atoms with Gasteiger partial charge in [0.15, 0.2) is 0 Å². The van der Waals surface area contributed by atoms with Crippen LogP contribution in [-0.2, 0) is 14.8 Å². The van der Waals surface area contributed by atoms with Crippen molar-refractivity contribution in [3.63, 3.8) is 0 Å². The number of methoxy groups -OCH3 is 1. The lowest BCUT2D eigenvalue weighted by molar-refractivity contribution is 0.0598. The summed E-state index contributed by atoms with van der Waals surface area (Å²) < 4.78 is 36.5. The molecule has 1 aliphatic rings. The Labute approximate surface area is 142 Å². The number of furan rings is 1. The second-order valence-corrected chi connectivity index (χ2v) is 7.30. The first-order chi connectivity index (χ1) is 10.4. The quantitative estimate of drug-likeness (QED) is 0.793. The van der Waals surface area contributed by atoms with Gasteiger partial charge in [-0.2, -0.15) is 4.31 Å². The molecule has 0 atom stereocenters. The number of halogens is 1. The number of carbonyl (C=O) groups excluding carboxylic acids is 1. The zero-order chi connectivity index (χ0) is 16.3. The lowest BCUT2D eigenvalue weighted by Gasteiger charge is -2.30. The number of sulfonamides is 1. The van der Waals surface area contributed by atoms with E-state index < -0.39 is 16.0 Å². The van der Waals surface area contributed by atoms with Gasteiger partial charge in [-0.15, -0.1) is 12.4 Å². The number of hydrogen-bond acceptors (Lipinski definition) is 6. The molecule has 0 saturated carbocycles. The van der Waals surface area contributed by atoms with Crippen LogP contribution >= 0.6 is 12.4 Å². The van der Waals surface area contributed by atoms with Crippen molar-refractivity contribution in [3.8, 4) is 0 Å². The number of nitrogens with one attached hydrogen (secondary N) is 1. The number of nitrogens with zero attached hydrogens (tertiary/aromatic N) is 1. The Kier molecular flexibility index (Phi) is 7.06. The number of ether oxygens (including phenoxy) is 1. The fraction of sp³-hybridized carbons (Fsp3) is 0.643. The highest BCUT2D eigenvalue weighted by molar-refractivity contribution is 7.89. The molecule has 132 valence electrons. The maximum Gasteiger partial charge on any atom is 0.341 e. The van der Waals surface area contributed by atoms with Crippen LogP contribution in [0.2, 0.25) is 0 Å². The predicted molar refractivity (Wildman–Crippen MR) is 87.4 cm³/mol. The molecule has 1 aromatic rings. The standard InChI is InChI=1S/C14H22N2O5S.ClH/c1-10-12(14(17)20-3)8-13(21-10)22(18,19)16-6-4-11(5-7-16)9-15-2;/h8,11,15H,4-7,9H2,1-3H3;1H. The summed E-state index contributed by atoms with van der Waals surface area (Å²) in [6.45, 7) is 3.36. The van der Waals surface area contributed by atoms with E-state index in [9.17, 15) is 13.2 Å². The Morgan fingerprint density at radius 3 is 2.57 bits per heavy atom. The van der Waals surface area contributed by atoms with E-state index in [1.165, 1.54) is 17.5 Å². The predicted octanol–water partition coefficient (Wildman–Crippen LogP) is 1.42. The summed E-state index contributed by atoms with van der Waals surface area (Å²) in [6, 6.07) is 1.25. The Bertz CT molecular complexity index is 636. The van der Waals surface area contributed by atoms with Gasteiger partial charge in [-0.1, -0.05) is 0 Å². The molecular weight excluding hydrogens is 344 g/mol. The molecule has 0 spiro atoms. The van der Waals surface area contributed by atoms with Crippen LogP contribution in [0.25, 0.3) is 0 Å². The van der Waals surface area contributed by atoms with E-state index in [0.29, 0.717) is 19.0 Å². The van der Waals surface area contributed by atoms with Crippen molar-refractivity contribution in [1.29, 1.82) is 0 Å². The summed E-state index contributed by atoms with van der Waals surface area (Å²) in [6.07, 6.45) is 1.62. The average Bonchev–Trinajstić information content (AvgIpc) is 2.90. The number of aryl methyl sites for hydroxylation is 1. The molecule has 9 heteroatoms. The molecular formula is C14H23ClN2O5S. The number of rotatable bonds is 5. The molecule has 0 unspecified atom stereocenters. The Balaban J connectivity index is 0.00000264. The smallest absolute Gasteiger partial charge is 0.341 e. The molecule has 0 radical (unpaired) electrons. The number of hydrogen-bond donors (Lipinski definition) is 1. The van der Waals surface area contributed by atoms with Crippen LogP contribution in [0.15, 0.2) is 15.6 Å². The van der Waals surface area contributed by atoms with Crippen molar-refractivity contribution in [1.82, 2.24) is 9.62 Å². The molecule has 23 heavy (non-hydrogen) atoms. The third-order valence-electron chi connectivity index (χ3n) is 3.96. The van der Waals surface area contributed by atoms with E-state index >= 15 is 0 Å². The van der Waals surface area contributed by atoms with Gasteiger partial charge in [0.2, 0.25) is 5.09 Å². The van der Waals surface area contributed by atoms with Gasteiger partial charge in [-0.25, -0.2) is 13.2 Å². The molecule has 1 fully saturated rings. The van der Waals surface area contributed by atoms with Gasteiger partial charge in [0.1, 0.15) is 11.3 Å². The largest absolute Gasteiger partial charge is 0.465 e. The van der Waals surface area contributed by atoms with Crippen LogP contribution in [0.4, 0.5) is 0 Å². The number of esters is 1. The van der Waals surface area contributed by atoms with Crippen molar-refractivity contribution < 1.29 is 22.4 Å². The minimum absolute atomic E-state index is 0. The molecule has 1 aromatic heterocycles.